The van der Waals surface area contributed by atoms with Crippen molar-refractivity contribution in [2.75, 3.05) is 18.5 Å². The summed E-state index contributed by atoms with van der Waals surface area (Å²) in [5.41, 5.74) is 2.64. The van der Waals surface area contributed by atoms with Crippen molar-refractivity contribution in [2.45, 2.75) is 33.2 Å². The van der Waals surface area contributed by atoms with Crippen LogP contribution >= 0.6 is 11.8 Å². The molecule has 3 amide bonds. The van der Waals surface area contributed by atoms with Gasteiger partial charge in [0.05, 0.1) is 18.1 Å². The molecule has 3 aromatic carbocycles. The number of halogens is 1. The summed E-state index contributed by atoms with van der Waals surface area (Å²) < 4.78 is 25.5. The van der Waals surface area contributed by atoms with Gasteiger partial charge in [-0.25, -0.2) is 4.39 Å². The van der Waals surface area contributed by atoms with Gasteiger partial charge in [0.2, 0.25) is 0 Å². The van der Waals surface area contributed by atoms with Crippen molar-refractivity contribution in [2.24, 2.45) is 0 Å². The van der Waals surface area contributed by atoms with Crippen LogP contribution in [0.5, 0.6) is 11.5 Å². The lowest BCUT2D eigenvalue weighted by atomic mass is 10.0. The van der Waals surface area contributed by atoms with Gasteiger partial charge in [0, 0.05) is 11.3 Å². The van der Waals surface area contributed by atoms with Crippen LogP contribution in [-0.4, -0.2) is 35.2 Å². The summed E-state index contributed by atoms with van der Waals surface area (Å²) in [6.07, 6.45) is 1.58. The Balaban J connectivity index is 1.45. The van der Waals surface area contributed by atoms with Crippen molar-refractivity contribution >= 4 is 40.6 Å². The number of ether oxygens (including phenoxy) is 2. The highest BCUT2D eigenvalue weighted by Gasteiger charge is 2.35. The number of imide groups is 1. The first-order valence-corrected chi connectivity index (χ1v) is 13.4. The maximum absolute atomic E-state index is 14.0. The van der Waals surface area contributed by atoms with Crippen LogP contribution in [0.4, 0.5) is 14.9 Å². The Bertz CT molecular complexity index is 1420. The van der Waals surface area contributed by atoms with E-state index in [4.69, 9.17) is 9.47 Å². The average molecular weight is 549 g/mol. The monoisotopic (exact) mass is 548 g/mol. The summed E-state index contributed by atoms with van der Waals surface area (Å²) in [5.74, 6) is -0.264. The third kappa shape index (κ3) is 6.86. The second-order valence-corrected chi connectivity index (χ2v) is 10.1. The van der Waals surface area contributed by atoms with E-state index in [0.717, 1.165) is 27.9 Å². The molecule has 0 aliphatic carbocycles. The van der Waals surface area contributed by atoms with Crippen molar-refractivity contribution in [1.82, 2.24) is 4.90 Å². The molecule has 0 unspecified atom stereocenters. The number of thioether (sulfide) groups is 1. The standard InChI is InChI=1S/C30H29FN2O5S/c1-4-37-26-15-20(16-27-29(35)33(30(36)39-27)17-21-9-5-7-11-23(21)31)13-14-25(26)38-18-28(34)32-24-12-8-6-10-22(24)19(2)3/h5-16,19H,4,17-18H2,1-3H3,(H,32,34)/b27-16+. The zero-order valence-electron chi connectivity index (χ0n) is 21.9. The van der Waals surface area contributed by atoms with Gasteiger partial charge < -0.3 is 14.8 Å². The van der Waals surface area contributed by atoms with Crippen LogP contribution in [0.2, 0.25) is 0 Å². The minimum absolute atomic E-state index is 0.143. The van der Waals surface area contributed by atoms with Gasteiger partial charge in [-0.1, -0.05) is 56.3 Å². The van der Waals surface area contributed by atoms with E-state index in [1.54, 1.807) is 42.5 Å². The molecule has 3 aromatic rings. The van der Waals surface area contributed by atoms with E-state index in [-0.39, 0.29) is 35.4 Å². The van der Waals surface area contributed by atoms with Gasteiger partial charge >= 0.3 is 0 Å². The number of anilines is 1. The molecule has 4 rings (SSSR count). The van der Waals surface area contributed by atoms with Crippen molar-refractivity contribution in [3.63, 3.8) is 0 Å². The molecule has 0 bridgehead atoms. The van der Waals surface area contributed by atoms with Gasteiger partial charge in [0.25, 0.3) is 17.1 Å². The van der Waals surface area contributed by atoms with Crippen LogP contribution in [0.15, 0.2) is 71.6 Å². The summed E-state index contributed by atoms with van der Waals surface area (Å²) in [6, 6.07) is 18.7. The molecule has 1 aliphatic rings. The molecule has 39 heavy (non-hydrogen) atoms. The van der Waals surface area contributed by atoms with Crippen LogP contribution in [0, 0.1) is 5.82 Å². The van der Waals surface area contributed by atoms with Crippen molar-refractivity contribution in [3.05, 3.63) is 94.1 Å². The first-order valence-electron chi connectivity index (χ1n) is 12.5. The number of nitrogens with one attached hydrogen (secondary N) is 1. The highest BCUT2D eigenvalue weighted by molar-refractivity contribution is 8.18. The van der Waals surface area contributed by atoms with Gasteiger partial charge in [0.1, 0.15) is 5.82 Å². The summed E-state index contributed by atoms with van der Waals surface area (Å²) in [5, 5.41) is 2.42. The van der Waals surface area contributed by atoms with Crippen LogP contribution in [-0.2, 0) is 16.1 Å². The maximum atomic E-state index is 14.0. The average Bonchev–Trinajstić information content (AvgIpc) is 3.17. The predicted molar refractivity (Wildman–Crippen MR) is 150 cm³/mol. The summed E-state index contributed by atoms with van der Waals surface area (Å²) in [7, 11) is 0. The van der Waals surface area contributed by atoms with E-state index in [2.05, 4.69) is 19.2 Å². The molecule has 0 atom stereocenters. The minimum atomic E-state index is -0.495. The van der Waals surface area contributed by atoms with E-state index in [9.17, 15) is 18.8 Å². The normalized spacial score (nSPS) is 14.3. The van der Waals surface area contributed by atoms with Crippen LogP contribution in [0.25, 0.3) is 6.08 Å². The fourth-order valence-electron chi connectivity index (χ4n) is 4.03. The Morgan fingerprint density at radius 2 is 1.77 bits per heavy atom. The number of carbonyl (C=O) groups is 3. The number of carbonyl (C=O) groups excluding carboxylic acids is 3. The minimum Gasteiger partial charge on any atom is -0.490 e. The Kier molecular flexibility index (Phi) is 9.03. The topological polar surface area (TPSA) is 84.9 Å². The summed E-state index contributed by atoms with van der Waals surface area (Å²) in [4.78, 5) is 39.2. The molecule has 0 aromatic heterocycles. The molecule has 0 radical (unpaired) electrons. The number of hydrogen-bond donors (Lipinski definition) is 1. The Labute approximate surface area is 231 Å². The third-order valence-electron chi connectivity index (χ3n) is 5.94. The van der Waals surface area contributed by atoms with E-state index >= 15 is 0 Å². The lowest BCUT2D eigenvalue weighted by Crippen LogP contribution is -2.27. The highest BCUT2D eigenvalue weighted by Crippen LogP contribution is 2.35. The highest BCUT2D eigenvalue weighted by atomic mass is 32.2. The Morgan fingerprint density at radius 3 is 2.51 bits per heavy atom. The van der Waals surface area contributed by atoms with Crippen LogP contribution < -0.4 is 14.8 Å². The fraction of sp³-hybridized carbons (Fsp3) is 0.233. The second kappa shape index (κ2) is 12.6. The van der Waals surface area contributed by atoms with Crippen LogP contribution in [0.3, 0.4) is 0 Å². The van der Waals surface area contributed by atoms with Crippen LogP contribution in [0.1, 0.15) is 43.4 Å². The zero-order valence-corrected chi connectivity index (χ0v) is 22.7. The first kappa shape index (κ1) is 27.9. The molecule has 1 N–H and O–H groups in total. The molecule has 1 aliphatic heterocycles. The van der Waals surface area contributed by atoms with E-state index < -0.39 is 17.0 Å². The molecule has 202 valence electrons. The summed E-state index contributed by atoms with van der Waals surface area (Å²) >= 11 is 0.794. The van der Waals surface area contributed by atoms with Crippen molar-refractivity contribution in [3.8, 4) is 11.5 Å². The summed E-state index contributed by atoms with van der Waals surface area (Å²) in [6.45, 7) is 5.92. The van der Waals surface area contributed by atoms with E-state index in [1.807, 2.05) is 31.2 Å². The van der Waals surface area contributed by atoms with E-state index in [0.29, 0.717) is 23.7 Å². The number of rotatable bonds is 10. The van der Waals surface area contributed by atoms with Crippen molar-refractivity contribution < 1.29 is 28.2 Å². The Hall–Kier alpha value is -4.11. The van der Waals surface area contributed by atoms with Gasteiger partial charge in [-0.05, 0) is 66.1 Å². The zero-order chi connectivity index (χ0) is 27.9. The first-order chi connectivity index (χ1) is 18.8. The molecule has 1 heterocycles. The molecule has 0 saturated carbocycles. The molecule has 1 saturated heterocycles. The molecule has 7 nitrogen and oxygen atoms in total. The molecule has 0 spiro atoms. The van der Waals surface area contributed by atoms with Gasteiger partial charge in [0.15, 0.2) is 18.1 Å². The largest absolute Gasteiger partial charge is 0.490 e. The smallest absolute Gasteiger partial charge is 0.293 e. The predicted octanol–water partition coefficient (Wildman–Crippen LogP) is 6.60. The van der Waals surface area contributed by atoms with E-state index in [1.165, 1.54) is 6.07 Å². The number of para-hydroxylation sites is 1. The van der Waals surface area contributed by atoms with Gasteiger partial charge in [-0.2, -0.15) is 0 Å². The fourth-order valence-corrected chi connectivity index (χ4v) is 4.87. The van der Waals surface area contributed by atoms with Crippen molar-refractivity contribution in [1.29, 1.82) is 0 Å². The molecular weight excluding hydrogens is 519 g/mol. The second-order valence-electron chi connectivity index (χ2n) is 9.08. The lowest BCUT2D eigenvalue weighted by molar-refractivity contribution is -0.123. The number of benzene rings is 3. The molecule has 1 fully saturated rings. The molecular formula is C30H29FN2O5S. The number of hydrogen-bond acceptors (Lipinski definition) is 6. The maximum Gasteiger partial charge on any atom is 0.293 e. The number of amides is 3. The lowest BCUT2D eigenvalue weighted by Gasteiger charge is -2.15. The van der Waals surface area contributed by atoms with Gasteiger partial charge in [-0.15, -0.1) is 0 Å². The number of nitrogens with zero attached hydrogens (tertiary/aromatic N) is 1. The van der Waals surface area contributed by atoms with Gasteiger partial charge in [-0.3, -0.25) is 19.3 Å². The Morgan fingerprint density at radius 1 is 1.03 bits per heavy atom. The molecule has 9 heteroatoms. The SMILES string of the molecule is CCOc1cc(/C=C2/SC(=O)N(Cc3ccccc3F)C2=O)ccc1OCC(=O)Nc1ccccc1C(C)C. The third-order valence-corrected chi connectivity index (χ3v) is 6.85. The quantitative estimate of drug-likeness (QED) is 0.287.